The van der Waals surface area contributed by atoms with E-state index in [1.54, 1.807) is 0 Å². The van der Waals surface area contributed by atoms with E-state index < -0.39 is 0 Å². The molecule has 2 aliphatic heterocycles. The van der Waals surface area contributed by atoms with Crippen LogP contribution in [0.2, 0.25) is 0 Å². The standard InChI is InChI=1S/C15H29N3O2/c1-17(2)11-13-5-7-18(8-6-13)12-15(19)16-10-14-4-3-9-20-14/h13-14H,3-12H2,1-2H3,(H,16,19)/t14-/m1/s1. The Morgan fingerprint density at radius 3 is 2.65 bits per heavy atom. The van der Waals surface area contributed by atoms with Gasteiger partial charge in [-0.25, -0.2) is 0 Å². The van der Waals surface area contributed by atoms with E-state index in [2.05, 4.69) is 29.2 Å². The number of nitrogens with one attached hydrogen (secondary N) is 1. The van der Waals surface area contributed by atoms with Crippen LogP contribution in [0.5, 0.6) is 0 Å². The lowest BCUT2D eigenvalue weighted by atomic mass is 9.96. The summed E-state index contributed by atoms with van der Waals surface area (Å²) in [4.78, 5) is 16.4. The maximum absolute atomic E-state index is 11.9. The second-order valence-electron chi connectivity index (χ2n) is 6.42. The molecule has 5 nitrogen and oxygen atoms in total. The average Bonchev–Trinajstić information content (AvgIpc) is 2.91. The fourth-order valence-electron chi connectivity index (χ4n) is 3.14. The number of hydrogen-bond donors (Lipinski definition) is 1. The van der Waals surface area contributed by atoms with Gasteiger partial charge in [0.25, 0.3) is 0 Å². The maximum atomic E-state index is 11.9. The molecule has 5 heteroatoms. The van der Waals surface area contributed by atoms with Gasteiger partial charge in [-0.1, -0.05) is 0 Å². The minimum atomic E-state index is 0.145. The van der Waals surface area contributed by atoms with E-state index in [4.69, 9.17) is 4.74 Å². The van der Waals surface area contributed by atoms with Crippen molar-refractivity contribution in [1.82, 2.24) is 15.1 Å². The Kier molecular flexibility index (Phi) is 6.26. The van der Waals surface area contributed by atoms with Crippen LogP contribution in [0, 0.1) is 5.92 Å². The molecule has 0 bridgehead atoms. The molecule has 0 aromatic rings. The topological polar surface area (TPSA) is 44.8 Å². The van der Waals surface area contributed by atoms with E-state index in [9.17, 15) is 4.79 Å². The van der Waals surface area contributed by atoms with Gasteiger partial charge in [0.05, 0.1) is 12.6 Å². The van der Waals surface area contributed by atoms with Gasteiger partial charge in [0, 0.05) is 19.7 Å². The monoisotopic (exact) mass is 283 g/mol. The molecule has 20 heavy (non-hydrogen) atoms. The lowest BCUT2D eigenvalue weighted by Gasteiger charge is -2.32. The van der Waals surface area contributed by atoms with Gasteiger partial charge in [0.15, 0.2) is 0 Å². The Hall–Kier alpha value is -0.650. The van der Waals surface area contributed by atoms with Crippen molar-refractivity contribution in [3.8, 4) is 0 Å². The number of piperidine rings is 1. The zero-order valence-corrected chi connectivity index (χ0v) is 12.9. The second kappa shape index (κ2) is 7.96. The highest BCUT2D eigenvalue weighted by Gasteiger charge is 2.22. The van der Waals surface area contributed by atoms with Crippen LogP contribution >= 0.6 is 0 Å². The molecular weight excluding hydrogens is 254 g/mol. The molecular formula is C15H29N3O2. The largest absolute Gasteiger partial charge is 0.376 e. The Morgan fingerprint density at radius 2 is 2.05 bits per heavy atom. The van der Waals surface area contributed by atoms with Crippen molar-refractivity contribution in [2.45, 2.75) is 31.8 Å². The number of amides is 1. The molecule has 2 aliphatic rings. The molecule has 0 radical (unpaired) electrons. The Labute approximate surface area is 122 Å². The molecule has 2 saturated heterocycles. The van der Waals surface area contributed by atoms with Crippen LogP contribution in [0.25, 0.3) is 0 Å². The normalized spacial score (nSPS) is 25.2. The molecule has 0 aromatic heterocycles. The van der Waals surface area contributed by atoms with E-state index in [0.29, 0.717) is 13.1 Å². The first-order valence-electron chi connectivity index (χ1n) is 7.89. The van der Waals surface area contributed by atoms with Gasteiger partial charge in [0.1, 0.15) is 0 Å². The summed E-state index contributed by atoms with van der Waals surface area (Å²) in [6.07, 6.45) is 4.86. The molecule has 0 aromatic carbocycles. The summed E-state index contributed by atoms with van der Waals surface area (Å²) in [6.45, 7) is 5.33. The first-order valence-corrected chi connectivity index (χ1v) is 7.89. The predicted molar refractivity (Wildman–Crippen MR) is 79.7 cm³/mol. The van der Waals surface area contributed by atoms with Crippen LogP contribution in [-0.4, -0.2) is 75.2 Å². The predicted octanol–water partition coefficient (Wildman–Crippen LogP) is 0.555. The zero-order chi connectivity index (χ0) is 14.4. The highest BCUT2D eigenvalue weighted by atomic mass is 16.5. The third-order valence-corrected chi connectivity index (χ3v) is 4.25. The second-order valence-corrected chi connectivity index (χ2v) is 6.42. The summed E-state index contributed by atoms with van der Waals surface area (Å²) in [6, 6.07) is 0. The zero-order valence-electron chi connectivity index (χ0n) is 12.9. The number of rotatable bonds is 6. The molecule has 0 aliphatic carbocycles. The number of likely N-dealkylation sites (tertiary alicyclic amines) is 1. The molecule has 0 spiro atoms. The average molecular weight is 283 g/mol. The van der Waals surface area contributed by atoms with Crippen molar-refractivity contribution < 1.29 is 9.53 Å². The molecule has 0 unspecified atom stereocenters. The molecule has 2 fully saturated rings. The fourth-order valence-corrected chi connectivity index (χ4v) is 3.14. The molecule has 1 N–H and O–H groups in total. The van der Waals surface area contributed by atoms with Gasteiger partial charge in [-0.2, -0.15) is 0 Å². The van der Waals surface area contributed by atoms with Crippen molar-refractivity contribution in [1.29, 1.82) is 0 Å². The van der Waals surface area contributed by atoms with Crippen molar-refractivity contribution >= 4 is 5.91 Å². The molecule has 2 heterocycles. The summed E-state index contributed by atoms with van der Waals surface area (Å²) >= 11 is 0. The first kappa shape index (κ1) is 15.7. The smallest absolute Gasteiger partial charge is 0.234 e. The van der Waals surface area contributed by atoms with Crippen LogP contribution in [0.15, 0.2) is 0 Å². The van der Waals surface area contributed by atoms with Crippen LogP contribution in [0.4, 0.5) is 0 Å². The van der Waals surface area contributed by atoms with Gasteiger partial charge in [-0.05, 0) is 58.8 Å². The third-order valence-electron chi connectivity index (χ3n) is 4.25. The summed E-state index contributed by atoms with van der Waals surface area (Å²) in [7, 11) is 4.26. The van der Waals surface area contributed by atoms with Gasteiger partial charge < -0.3 is 15.0 Å². The minimum Gasteiger partial charge on any atom is -0.376 e. The fraction of sp³-hybridized carbons (Fsp3) is 0.933. The number of carbonyl (C=O) groups excluding carboxylic acids is 1. The summed E-state index contributed by atoms with van der Waals surface area (Å²) in [5.41, 5.74) is 0. The van der Waals surface area contributed by atoms with Crippen LogP contribution in [-0.2, 0) is 9.53 Å². The van der Waals surface area contributed by atoms with Crippen molar-refractivity contribution in [2.24, 2.45) is 5.92 Å². The van der Waals surface area contributed by atoms with Crippen molar-refractivity contribution in [3.05, 3.63) is 0 Å². The van der Waals surface area contributed by atoms with Gasteiger partial charge >= 0.3 is 0 Å². The summed E-state index contributed by atoms with van der Waals surface area (Å²) in [5.74, 6) is 0.933. The molecule has 0 saturated carbocycles. The van der Waals surface area contributed by atoms with E-state index in [1.165, 1.54) is 19.4 Å². The number of nitrogens with zero attached hydrogens (tertiary/aromatic N) is 2. The number of carbonyl (C=O) groups is 1. The van der Waals surface area contributed by atoms with Crippen LogP contribution in [0.3, 0.4) is 0 Å². The lowest BCUT2D eigenvalue weighted by Crippen LogP contribution is -2.44. The van der Waals surface area contributed by atoms with Crippen LogP contribution < -0.4 is 5.32 Å². The van der Waals surface area contributed by atoms with E-state index >= 15 is 0 Å². The molecule has 2 rings (SSSR count). The summed E-state index contributed by atoms with van der Waals surface area (Å²) < 4.78 is 5.51. The maximum Gasteiger partial charge on any atom is 0.234 e. The first-order chi connectivity index (χ1) is 9.63. The quantitative estimate of drug-likeness (QED) is 0.773. The third kappa shape index (κ3) is 5.38. The van der Waals surface area contributed by atoms with E-state index in [1.807, 2.05) is 0 Å². The molecule has 116 valence electrons. The van der Waals surface area contributed by atoms with Crippen molar-refractivity contribution in [2.75, 3.05) is 53.4 Å². The Balaban J connectivity index is 1.58. The molecule has 1 atom stereocenters. The Bertz CT molecular complexity index is 295. The highest BCUT2D eigenvalue weighted by molar-refractivity contribution is 5.78. The van der Waals surface area contributed by atoms with Gasteiger partial charge in [-0.15, -0.1) is 0 Å². The van der Waals surface area contributed by atoms with E-state index in [0.717, 1.165) is 38.5 Å². The lowest BCUT2D eigenvalue weighted by molar-refractivity contribution is -0.123. The SMILES string of the molecule is CN(C)CC1CCN(CC(=O)NC[C@H]2CCCO2)CC1. The Morgan fingerprint density at radius 1 is 1.30 bits per heavy atom. The minimum absolute atomic E-state index is 0.145. The highest BCUT2D eigenvalue weighted by Crippen LogP contribution is 2.17. The van der Waals surface area contributed by atoms with Crippen LogP contribution in [0.1, 0.15) is 25.7 Å². The van der Waals surface area contributed by atoms with Crippen molar-refractivity contribution in [3.63, 3.8) is 0 Å². The number of hydrogen-bond acceptors (Lipinski definition) is 4. The van der Waals surface area contributed by atoms with Gasteiger partial charge in [-0.3, -0.25) is 9.69 Å². The van der Waals surface area contributed by atoms with Gasteiger partial charge in [0.2, 0.25) is 5.91 Å². The van der Waals surface area contributed by atoms with E-state index in [-0.39, 0.29) is 12.0 Å². The summed E-state index contributed by atoms with van der Waals surface area (Å²) in [5, 5.41) is 3.00. The number of ether oxygens (including phenoxy) is 1. The molecule has 1 amide bonds.